The van der Waals surface area contributed by atoms with Gasteiger partial charge in [-0.2, -0.15) is 4.31 Å². The molecule has 0 aliphatic heterocycles. The molecule has 7 nitrogen and oxygen atoms in total. The summed E-state index contributed by atoms with van der Waals surface area (Å²) >= 11 is 0. The molecule has 0 saturated carbocycles. The Kier molecular flexibility index (Phi) is 8.36. The van der Waals surface area contributed by atoms with E-state index < -0.39 is 22.0 Å². The molecule has 0 aliphatic carbocycles. The minimum Gasteiger partial charge on any atom is -0.340 e. The third kappa shape index (κ3) is 6.15. The van der Waals surface area contributed by atoms with E-state index in [1.54, 1.807) is 26.0 Å². The highest BCUT2D eigenvalue weighted by atomic mass is 32.2. The van der Waals surface area contributed by atoms with Crippen molar-refractivity contribution in [1.82, 2.24) is 9.62 Å². The first-order chi connectivity index (χ1) is 14.6. The number of anilines is 1. The van der Waals surface area contributed by atoms with Gasteiger partial charge in [0, 0.05) is 24.3 Å². The number of amides is 2. The van der Waals surface area contributed by atoms with Crippen molar-refractivity contribution in [2.75, 3.05) is 18.4 Å². The molecule has 0 aromatic heterocycles. The summed E-state index contributed by atoms with van der Waals surface area (Å²) in [5.74, 6) is -1.01. The van der Waals surface area contributed by atoms with Gasteiger partial charge in [0.15, 0.2) is 0 Å². The Labute approximate surface area is 184 Å². The zero-order valence-electron chi connectivity index (χ0n) is 18.7. The van der Waals surface area contributed by atoms with Gasteiger partial charge in [-0.3, -0.25) is 9.59 Å². The van der Waals surface area contributed by atoms with E-state index in [0.717, 1.165) is 5.56 Å². The number of sulfonamides is 1. The van der Waals surface area contributed by atoms with Crippen molar-refractivity contribution in [2.45, 2.75) is 45.6 Å². The molecule has 2 aromatic rings. The fourth-order valence-corrected chi connectivity index (χ4v) is 4.63. The van der Waals surface area contributed by atoms with Crippen LogP contribution in [0.4, 0.5) is 5.69 Å². The highest BCUT2D eigenvalue weighted by Gasteiger charge is 2.26. The molecule has 2 amide bonds. The molecular formula is C23H31N3O4S. The summed E-state index contributed by atoms with van der Waals surface area (Å²) in [4.78, 5) is 25.7. The van der Waals surface area contributed by atoms with Crippen LogP contribution in [0.25, 0.3) is 0 Å². The molecule has 0 saturated heterocycles. The summed E-state index contributed by atoms with van der Waals surface area (Å²) in [6, 6.07) is 12.5. The molecular weight excluding hydrogens is 414 g/mol. The lowest BCUT2D eigenvalue weighted by atomic mass is 10.0. The second-order valence-electron chi connectivity index (χ2n) is 7.67. The molecule has 168 valence electrons. The van der Waals surface area contributed by atoms with Crippen LogP contribution in [0.5, 0.6) is 0 Å². The van der Waals surface area contributed by atoms with Crippen LogP contribution in [0.15, 0.2) is 53.4 Å². The van der Waals surface area contributed by atoms with Crippen LogP contribution in [0.2, 0.25) is 0 Å². The van der Waals surface area contributed by atoms with E-state index in [0.29, 0.717) is 18.8 Å². The smallest absolute Gasteiger partial charge is 0.251 e. The van der Waals surface area contributed by atoms with E-state index in [2.05, 4.69) is 10.6 Å². The van der Waals surface area contributed by atoms with Crippen molar-refractivity contribution >= 4 is 27.5 Å². The van der Waals surface area contributed by atoms with Gasteiger partial charge in [-0.25, -0.2) is 8.42 Å². The Balaban J connectivity index is 2.21. The van der Waals surface area contributed by atoms with Gasteiger partial charge in [-0.05, 0) is 43.2 Å². The maximum absolute atomic E-state index is 12.8. The third-order valence-electron chi connectivity index (χ3n) is 4.99. The van der Waals surface area contributed by atoms with Gasteiger partial charge in [0.2, 0.25) is 15.9 Å². The Hall–Kier alpha value is -2.71. The Morgan fingerprint density at radius 2 is 1.61 bits per heavy atom. The van der Waals surface area contributed by atoms with Crippen molar-refractivity contribution < 1.29 is 18.0 Å². The molecule has 0 unspecified atom stereocenters. The first kappa shape index (κ1) is 24.6. The molecule has 8 heteroatoms. The number of carbonyl (C=O) groups excluding carboxylic acids is 2. The first-order valence-corrected chi connectivity index (χ1v) is 11.8. The van der Waals surface area contributed by atoms with Crippen LogP contribution < -0.4 is 10.6 Å². The molecule has 31 heavy (non-hydrogen) atoms. The summed E-state index contributed by atoms with van der Waals surface area (Å²) < 4.78 is 26.9. The second-order valence-corrected chi connectivity index (χ2v) is 9.61. The van der Waals surface area contributed by atoms with Crippen LogP contribution in [0, 0.1) is 12.8 Å². The largest absolute Gasteiger partial charge is 0.340 e. The monoisotopic (exact) mass is 445 g/mol. The Morgan fingerprint density at radius 3 is 2.16 bits per heavy atom. The molecule has 0 spiro atoms. The highest BCUT2D eigenvalue weighted by molar-refractivity contribution is 7.89. The summed E-state index contributed by atoms with van der Waals surface area (Å²) in [5, 5.41) is 5.56. The molecule has 2 rings (SSSR count). The van der Waals surface area contributed by atoms with Crippen LogP contribution in [0.3, 0.4) is 0 Å². The number of carbonyl (C=O) groups is 2. The number of hydrogen-bond donors (Lipinski definition) is 2. The van der Waals surface area contributed by atoms with E-state index in [9.17, 15) is 18.0 Å². The molecule has 0 heterocycles. The molecule has 0 aliphatic rings. The zero-order chi connectivity index (χ0) is 23.2. The molecule has 2 aromatic carbocycles. The summed E-state index contributed by atoms with van der Waals surface area (Å²) in [7, 11) is -3.69. The predicted molar refractivity (Wildman–Crippen MR) is 122 cm³/mol. The number of rotatable bonds is 9. The lowest BCUT2D eigenvalue weighted by Gasteiger charge is -2.22. The number of nitrogens with one attached hydrogen (secondary N) is 2. The van der Waals surface area contributed by atoms with Crippen molar-refractivity contribution in [1.29, 1.82) is 0 Å². The number of benzene rings is 2. The first-order valence-electron chi connectivity index (χ1n) is 10.4. The Morgan fingerprint density at radius 1 is 1.00 bits per heavy atom. The second kappa shape index (κ2) is 10.5. The van der Waals surface area contributed by atoms with Gasteiger partial charge >= 0.3 is 0 Å². The fourth-order valence-electron chi connectivity index (χ4n) is 3.13. The van der Waals surface area contributed by atoms with Crippen LogP contribution in [-0.2, 0) is 14.8 Å². The SMILES string of the molecule is CCN(CC)S(=O)(=O)c1cccc(C(=O)N[C@H](C(=O)Nc2ccc(C)cc2)C(C)C)c1. The van der Waals surface area contributed by atoms with Gasteiger partial charge in [0.1, 0.15) is 6.04 Å². The predicted octanol–water partition coefficient (Wildman–Crippen LogP) is 3.42. The summed E-state index contributed by atoms with van der Waals surface area (Å²) in [6.07, 6.45) is 0. The number of hydrogen-bond acceptors (Lipinski definition) is 4. The molecule has 0 radical (unpaired) electrons. The van der Waals surface area contributed by atoms with Gasteiger partial charge < -0.3 is 10.6 Å². The van der Waals surface area contributed by atoms with E-state index in [1.807, 2.05) is 32.9 Å². The average molecular weight is 446 g/mol. The lowest BCUT2D eigenvalue weighted by Crippen LogP contribution is -2.47. The van der Waals surface area contributed by atoms with Crippen molar-refractivity contribution in [2.24, 2.45) is 5.92 Å². The Bertz CT molecular complexity index is 1010. The molecule has 0 bridgehead atoms. The van der Waals surface area contributed by atoms with Gasteiger partial charge in [-0.1, -0.05) is 51.5 Å². The fraction of sp³-hybridized carbons (Fsp3) is 0.391. The minimum atomic E-state index is -3.69. The van der Waals surface area contributed by atoms with Crippen molar-refractivity contribution in [3.05, 3.63) is 59.7 Å². The molecule has 0 fully saturated rings. The molecule has 1 atom stereocenters. The van der Waals surface area contributed by atoms with Gasteiger partial charge in [0.05, 0.1) is 4.90 Å². The van der Waals surface area contributed by atoms with Gasteiger partial charge in [-0.15, -0.1) is 0 Å². The van der Waals surface area contributed by atoms with Crippen molar-refractivity contribution in [3.8, 4) is 0 Å². The summed E-state index contributed by atoms with van der Waals surface area (Å²) in [5.41, 5.74) is 1.90. The van der Waals surface area contributed by atoms with Crippen molar-refractivity contribution in [3.63, 3.8) is 0 Å². The van der Waals surface area contributed by atoms with Crippen LogP contribution in [-0.4, -0.2) is 43.7 Å². The minimum absolute atomic E-state index is 0.0500. The quantitative estimate of drug-likeness (QED) is 0.618. The maximum atomic E-state index is 12.8. The number of aryl methyl sites for hydroxylation is 1. The molecule has 2 N–H and O–H groups in total. The van der Waals surface area contributed by atoms with Gasteiger partial charge in [0.25, 0.3) is 5.91 Å². The van der Waals surface area contributed by atoms with E-state index in [4.69, 9.17) is 0 Å². The average Bonchev–Trinajstić information content (AvgIpc) is 2.74. The zero-order valence-corrected chi connectivity index (χ0v) is 19.5. The van der Waals surface area contributed by atoms with E-state index in [-0.39, 0.29) is 22.3 Å². The third-order valence-corrected chi connectivity index (χ3v) is 7.04. The lowest BCUT2D eigenvalue weighted by molar-refractivity contribution is -0.118. The number of nitrogens with zero attached hydrogens (tertiary/aromatic N) is 1. The standard InChI is InChI=1S/C23H31N3O4S/c1-6-26(7-2)31(29,30)20-10-8-9-18(15-20)22(27)25-21(16(3)4)23(28)24-19-13-11-17(5)12-14-19/h8-16,21H,6-7H2,1-5H3,(H,24,28)(H,25,27)/t21-/m0/s1. The highest BCUT2D eigenvalue weighted by Crippen LogP contribution is 2.18. The normalized spacial score (nSPS) is 12.6. The van der Waals surface area contributed by atoms with E-state index in [1.165, 1.54) is 28.6 Å². The topological polar surface area (TPSA) is 95.6 Å². The maximum Gasteiger partial charge on any atom is 0.251 e. The summed E-state index contributed by atoms with van der Waals surface area (Å²) in [6.45, 7) is 9.82. The van der Waals surface area contributed by atoms with Crippen LogP contribution in [0.1, 0.15) is 43.6 Å². The van der Waals surface area contributed by atoms with E-state index >= 15 is 0 Å². The van der Waals surface area contributed by atoms with Crippen LogP contribution >= 0.6 is 0 Å².